The maximum Gasteiger partial charge on any atom is 0.202 e. The maximum atomic E-state index is 12.5. The van der Waals surface area contributed by atoms with Gasteiger partial charge in [-0.05, 0) is 32.0 Å². The van der Waals surface area contributed by atoms with Gasteiger partial charge in [0, 0.05) is 27.7 Å². The van der Waals surface area contributed by atoms with Gasteiger partial charge in [-0.3, -0.25) is 9.59 Å². The predicted molar refractivity (Wildman–Crippen MR) is 89.3 cm³/mol. The van der Waals surface area contributed by atoms with E-state index in [1.807, 2.05) is 31.2 Å². The van der Waals surface area contributed by atoms with Gasteiger partial charge in [-0.1, -0.05) is 30.3 Å². The number of ether oxygens (including phenoxy) is 1. The van der Waals surface area contributed by atoms with Crippen molar-refractivity contribution in [3.8, 4) is 5.75 Å². The molecule has 3 aromatic rings. The number of hydrogen-bond acceptors (Lipinski definition) is 3. The van der Waals surface area contributed by atoms with Gasteiger partial charge in [0.15, 0.2) is 12.4 Å². The van der Waals surface area contributed by atoms with E-state index in [1.165, 1.54) is 6.92 Å². The number of carbonyl (C=O) groups excluding carboxylic acids is 2. The van der Waals surface area contributed by atoms with Crippen molar-refractivity contribution in [3.05, 3.63) is 65.4 Å². The van der Waals surface area contributed by atoms with E-state index < -0.39 is 0 Å². The highest BCUT2D eigenvalue weighted by molar-refractivity contribution is 6.09. The Balaban J connectivity index is 1.80. The zero-order valence-electron chi connectivity index (χ0n) is 13.1. The number of ketones is 2. The molecular formula is C19H17NO3. The summed E-state index contributed by atoms with van der Waals surface area (Å²) in [6, 6.07) is 14.5. The highest BCUT2D eigenvalue weighted by Gasteiger charge is 2.16. The quantitative estimate of drug-likeness (QED) is 0.726. The fourth-order valence-electron chi connectivity index (χ4n) is 2.66. The Hall–Kier alpha value is -2.88. The van der Waals surface area contributed by atoms with Crippen LogP contribution >= 0.6 is 0 Å². The summed E-state index contributed by atoms with van der Waals surface area (Å²) in [4.78, 5) is 27.1. The summed E-state index contributed by atoms with van der Waals surface area (Å²) >= 11 is 0. The molecule has 0 spiro atoms. The molecule has 0 unspecified atom stereocenters. The first-order chi connectivity index (χ1) is 11.1. The number of benzene rings is 2. The molecule has 23 heavy (non-hydrogen) atoms. The lowest BCUT2D eigenvalue weighted by Gasteiger charge is -2.07. The van der Waals surface area contributed by atoms with Gasteiger partial charge in [-0.25, -0.2) is 0 Å². The summed E-state index contributed by atoms with van der Waals surface area (Å²) in [7, 11) is 0. The van der Waals surface area contributed by atoms with E-state index in [1.54, 1.807) is 24.3 Å². The molecule has 0 fully saturated rings. The van der Waals surface area contributed by atoms with E-state index in [2.05, 4.69) is 4.98 Å². The number of nitrogens with one attached hydrogen (secondary N) is 1. The lowest BCUT2D eigenvalue weighted by Crippen LogP contribution is -2.12. The first-order valence-corrected chi connectivity index (χ1v) is 7.40. The highest BCUT2D eigenvalue weighted by Crippen LogP contribution is 2.23. The molecule has 4 nitrogen and oxygen atoms in total. The fraction of sp³-hybridized carbons (Fsp3) is 0.158. The van der Waals surface area contributed by atoms with Crippen LogP contribution in [0.25, 0.3) is 10.9 Å². The molecule has 0 radical (unpaired) electrons. The van der Waals surface area contributed by atoms with Crippen molar-refractivity contribution in [1.29, 1.82) is 0 Å². The second kappa shape index (κ2) is 6.08. The van der Waals surface area contributed by atoms with Gasteiger partial charge in [-0.15, -0.1) is 0 Å². The number of fused-ring (bicyclic) bond motifs is 1. The lowest BCUT2D eigenvalue weighted by molar-refractivity contribution is 0.0922. The van der Waals surface area contributed by atoms with Crippen LogP contribution in [0.2, 0.25) is 0 Å². The fourth-order valence-corrected chi connectivity index (χ4v) is 2.66. The van der Waals surface area contributed by atoms with Gasteiger partial charge < -0.3 is 9.72 Å². The smallest absolute Gasteiger partial charge is 0.202 e. The van der Waals surface area contributed by atoms with E-state index in [-0.39, 0.29) is 18.2 Å². The molecule has 1 N–H and O–H groups in total. The molecule has 3 rings (SSSR count). The van der Waals surface area contributed by atoms with E-state index in [0.717, 1.165) is 16.6 Å². The van der Waals surface area contributed by atoms with Gasteiger partial charge in [-0.2, -0.15) is 0 Å². The SMILES string of the molecule is CC(=O)c1cccc(OCC(=O)c2c(C)[nH]c3ccccc23)c1. The zero-order chi connectivity index (χ0) is 16.4. The monoisotopic (exact) mass is 307 g/mol. The van der Waals surface area contributed by atoms with Crippen molar-refractivity contribution >= 4 is 22.5 Å². The Morgan fingerprint density at radius 3 is 2.65 bits per heavy atom. The van der Waals surface area contributed by atoms with Crippen molar-refractivity contribution < 1.29 is 14.3 Å². The molecule has 0 atom stereocenters. The van der Waals surface area contributed by atoms with Crippen molar-refractivity contribution in [2.75, 3.05) is 6.61 Å². The average molecular weight is 307 g/mol. The van der Waals surface area contributed by atoms with E-state index in [4.69, 9.17) is 4.74 Å². The first kappa shape index (κ1) is 15.0. The van der Waals surface area contributed by atoms with Crippen LogP contribution in [0.3, 0.4) is 0 Å². The topological polar surface area (TPSA) is 59.2 Å². The summed E-state index contributed by atoms with van der Waals surface area (Å²) in [6.07, 6.45) is 0. The maximum absolute atomic E-state index is 12.5. The summed E-state index contributed by atoms with van der Waals surface area (Å²) in [6.45, 7) is 3.31. The molecule has 4 heteroatoms. The minimum absolute atomic E-state index is 0.0331. The van der Waals surface area contributed by atoms with E-state index in [9.17, 15) is 9.59 Å². The van der Waals surface area contributed by atoms with Crippen LogP contribution < -0.4 is 4.74 Å². The third kappa shape index (κ3) is 3.01. The van der Waals surface area contributed by atoms with Crippen molar-refractivity contribution in [3.63, 3.8) is 0 Å². The molecule has 116 valence electrons. The third-order valence-electron chi connectivity index (χ3n) is 3.78. The molecule has 0 saturated carbocycles. The Kier molecular flexibility index (Phi) is 3.98. The Bertz CT molecular complexity index is 893. The predicted octanol–water partition coefficient (Wildman–Crippen LogP) is 3.94. The highest BCUT2D eigenvalue weighted by atomic mass is 16.5. The van der Waals surface area contributed by atoms with E-state index >= 15 is 0 Å². The zero-order valence-corrected chi connectivity index (χ0v) is 13.1. The summed E-state index contributed by atoms with van der Waals surface area (Å²) in [5, 5.41) is 0.899. The second-order valence-electron chi connectivity index (χ2n) is 5.47. The lowest BCUT2D eigenvalue weighted by atomic mass is 10.1. The van der Waals surface area contributed by atoms with Crippen LogP contribution in [0.5, 0.6) is 5.75 Å². The number of Topliss-reactive ketones (excluding diaryl/α,β-unsaturated/α-hetero) is 2. The van der Waals surface area contributed by atoms with E-state index in [0.29, 0.717) is 16.9 Å². The molecule has 0 saturated heterocycles. The van der Waals surface area contributed by atoms with Crippen molar-refractivity contribution in [1.82, 2.24) is 4.98 Å². The minimum atomic E-state index is -0.0896. The van der Waals surface area contributed by atoms with Crippen LogP contribution in [0.4, 0.5) is 0 Å². The number of aromatic amines is 1. The minimum Gasteiger partial charge on any atom is -0.485 e. The number of aromatic nitrogens is 1. The van der Waals surface area contributed by atoms with Crippen molar-refractivity contribution in [2.45, 2.75) is 13.8 Å². The number of para-hydroxylation sites is 1. The Morgan fingerprint density at radius 2 is 1.87 bits per heavy atom. The number of aryl methyl sites for hydroxylation is 1. The molecule has 0 bridgehead atoms. The molecule has 1 aromatic heterocycles. The van der Waals surface area contributed by atoms with Gasteiger partial charge in [0.05, 0.1) is 0 Å². The molecule has 0 aliphatic carbocycles. The standard InChI is InChI=1S/C19H17NO3/c1-12-19(16-8-3-4-9-17(16)20-12)18(22)11-23-15-7-5-6-14(10-15)13(2)21/h3-10,20H,11H2,1-2H3. The molecule has 0 aliphatic heterocycles. The van der Waals surface area contributed by atoms with Crippen LogP contribution in [0.1, 0.15) is 33.3 Å². The van der Waals surface area contributed by atoms with Crippen LogP contribution in [0, 0.1) is 6.92 Å². The van der Waals surface area contributed by atoms with Gasteiger partial charge >= 0.3 is 0 Å². The van der Waals surface area contributed by atoms with Crippen LogP contribution in [-0.4, -0.2) is 23.2 Å². The molecule has 0 amide bonds. The third-order valence-corrected chi connectivity index (χ3v) is 3.78. The van der Waals surface area contributed by atoms with Gasteiger partial charge in [0.25, 0.3) is 0 Å². The molecule has 1 heterocycles. The molecule has 0 aliphatic rings. The normalized spacial score (nSPS) is 10.7. The number of H-pyrrole nitrogens is 1. The number of rotatable bonds is 5. The largest absolute Gasteiger partial charge is 0.485 e. The second-order valence-corrected chi connectivity index (χ2v) is 5.47. The molecule has 2 aromatic carbocycles. The summed E-state index contributed by atoms with van der Waals surface area (Å²) < 4.78 is 5.57. The average Bonchev–Trinajstić information content (AvgIpc) is 2.88. The van der Waals surface area contributed by atoms with Crippen molar-refractivity contribution in [2.24, 2.45) is 0 Å². The molecular weight excluding hydrogens is 290 g/mol. The van der Waals surface area contributed by atoms with Crippen LogP contribution in [-0.2, 0) is 0 Å². The summed E-state index contributed by atoms with van der Waals surface area (Å²) in [5.41, 5.74) is 2.99. The Morgan fingerprint density at radius 1 is 1.09 bits per heavy atom. The van der Waals surface area contributed by atoms with Crippen LogP contribution in [0.15, 0.2) is 48.5 Å². The first-order valence-electron chi connectivity index (χ1n) is 7.40. The van der Waals surface area contributed by atoms with Gasteiger partial charge in [0.2, 0.25) is 5.78 Å². The Labute approximate surface area is 134 Å². The number of hydrogen-bond donors (Lipinski definition) is 1. The van der Waals surface area contributed by atoms with Gasteiger partial charge in [0.1, 0.15) is 5.75 Å². The number of carbonyl (C=O) groups is 2. The summed E-state index contributed by atoms with van der Waals surface area (Å²) in [5.74, 6) is 0.394.